The van der Waals surface area contributed by atoms with E-state index in [9.17, 15) is 0 Å². The Morgan fingerprint density at radius 1 is 1.32 bits per heavy atom. The largest absolute Gasteiger partial charge is 0.382 e. The molecule has 124 valence electrons. The van der Waals surface area contributed by atoms with Crippen LogP contribution in [0.4, 0.5) is 0 Å². The summed E-state index contributed by atoms with van der Waals surface area (Å²) in [6.45, 7) is 9.14. The van der Waals surface area contributed by atoms with Crippen LogP contribution in [0.2, 0.25) is 0 Å². The van der Waals surface area contributed by atoms with Crippen molar-refractivity contribution in [2.75, 3.05) is 32.8 Å². The third kappa shape index (κ3) is 4.69. The molecule has 0 spiro atoms. The maximum absolute atomic E-state index is 5.37. The lowest BCUT2D eigenvalue weighted by atomic mass is 10.4. The summed E-state index contributed by atoms with van der Waals surface area (Å²) in [4.78, 5) is 7.06. The molecule has 1 aromatic heterocycles. The van der Waals surface area contributed by atoms with Gasteiger partial charge in [-0.3, -0.25) is 0 Å². The van der Waals surface area contributed by atoms with Crippen molar-refractivity contribution < 1.29 is 4.74 Å². The molecule has 22 heavy (non-hydrogen) atoms. The Kier molecular flexibility index (Phi) is 6.64. The predicted molar refractivity (Wildman–Crippen MR) is 86.8 cm³/mol. The quantitative estimate of drug-likeness (QED) is 0.464. The minimum absolute atomic E-state index is 0.557. The Morgan fingerprint density at radius 2 is 2.09 bits per heavy atom. The van der Waals surface area contributed by atoms with Crippen molar-refractivity contribution in [2.24, 2.45) is 12.0 Å². The molecule has 7 heteroatoms. The maximum Gasteiger partial charge on any atom is 0.194 e. The highest BCUT2D eigenvalue weighted by molar-refractivity contribution is 5.80. The third-order valence-corrected chi connectivity index (χ3v) is 3.91. The summed E-state index contributed by atoms with van der Waals surface area (Å²) < 4.78 is 7.36. The summed E-state index contributed by atoms with van der Waals surface area (Å²) >= 11 is 0. The van der Waals surface area contributed by atoms with E-state index in [-0.39, 0.29) is 0 Å². The van der Waals surface area contributed by atoms with Gasteiger partial charge in [-0.1, -0.05) is 0 Å². The van der Waals surface area contributed by atoms with Gasteiger partial charge in [-0.05, 0) is 33.1 Å². The van der Waals surface area contributed by atoms with Crippen molar-refractivity contribution in [1.82, 2.24) is 25.0 Å². The number of guanidine groups is 1. The van der Waals surface area contributed by atoms with E-state index in [0.717, 1.165) is 56.9 Å². The second kappa shape index (κ2) is 8.73. The lowest BCUT2D eigenvalue weighted by Crippen LogP contribution is -2.40. The predicted octanol–water partition coefficient (Wildman–Crippen LogP) is 1.09. The monoisotopic (exact) mass is 308 g/mol. The fraction of sp³-hybridized carbons (Fsp3) is 0.800. The molecule has 0 saturated carbocycles. The number of ether oxygens (including phenoxy) is 1. The highest BCUT2D eigenvalue weighted by Gasteiger charge is 2.16. The van der Waals surface area contributed by atoms with Crippen LogP contribution in [0.5, 0.6) is 0 Å². The van der Waals surface area contributed by atoms with E-state index in [2.05, 4.69) is 20.4 Å². The minimum atomic E-state index is 0.557. The molecule has 0 unspecified atom stereocenters. The zero-order chi connectivity index (χ0) is 15.8. The van der Waals surface area contributed by atoms with Crippen molar-refractivity contribution in [2.45, 2.75) is 39.7 Å². The van der Waals surface area contributed by atoms with E-state index in [0.29, 0.717) is 6.54 Å². The van der Waals surface area contributed by atoms with Crippen molar-refractivity contribution in [1.29, 1.82) is 0 Å². The van der Waals surface area contributed by atoms with Crippen LogP contribution in [0.1, 0.15) is 37.8 Å². The Morgan fingerprint density at radius 3 is 2.73 bits per heavy atom. The van der Waals surface area contributed by atoms with Gasteiger partial charge in [0, 0.05) is 39.9 Å². The van der Waals surface area contributed by atoms with Crippen molar-refractivity contribution in [3.63, 3.8) is 0 Å². The van der Waals surface area contributed by atoms with Crippen LogP contribution < -0.4 is 5.32 Å². The molecule has 2 rings (SSSR count). The zero-order valence-corrected chi connectivity index (χ0v) is 14.0. The fourth-order valence-corrected chi connectivity index (χ4v) is 2.45. The molecule has 1 N–H and O–H groups in total. The zero-order valence-electron chi connectivity index (χ0n) is 14.0. The van der Waals surface area contributed by atoms with Crippen LogP contribution in [0.15, 0.2) is 4.99 Å². The molecule has 1 aromatic rings. The van der Waals surface area contributed by atoms with Crippen LogP contribution in [-0.2, 0) is 18.3 Å². The number of aryl methyl sites for hydroxylation is 1. The number of aliphatic imine (C=N–C) groups is 1. The summed E-state index contributed by atoms with van der Waals surface area (Å²) in [6, 6.07) is 0. The first kappa shape index (κ1) is 16.7. The first-order valence-electron chi connectivity index (χ1n) is 8.18. The lowest BCUT2D eigenvalue weighted by molar-refractivity contribution is 0.145. The number of likely N-dealkylation sites (tertiary alicyclic amines) is 1. The number of hydrogen-bond acceptors (Lipinski definition) is 4. The topological polar surface area (TPSA) is 67.6 Å². The Balaban J connectivity index is 1.91. The molecular formula is C15H28N6O. The first-order chi connectivity index (χ1) is 10.7. The van der Waals surface area contributed by atoms with Gasteiger partial charge in [0.05, 0.1) is 0 Å². The van der Waals surface area contributed by atoms with Gasteiger partial charge in [0.1, 0.15) is 12.4 Å². The van der Waals surface area contributed by atoms with Crippen molar-refractivity contribution in [3.05, 3.63) is 11.6 Å². The van der Waals surface area contributed by atoms with Gasteiger partial charge in [-0.25, -0.2) is 4.99 Å². The number of hydrogen-bond donors (Lipinski definition) is 1. The van der Waals surface area contributed by atoms with Gasteiger partial charge < -0.3 is 19.5 Å². The van der Waals surface area contributed by atoms with Crippen molar-refractivity contribution >= 4 is 5.96 Å². The lowest BCUT2D eigenvalue weighted by Gasteiger charge is -2.21. The molecule has 2 heterocycles. The second-order valence-corrected chi connectivity index (χ2v) is 5.53. The highest BCUT2D eigenvalue weighted by Crippen LogP contribution is 2.08. The Labute approximate surface area is 132 Å². The van der Waals surface area contributed by atoms with Gasteiger partial charge in [-0.2, -0.15) is 0 Å². The molecule has 1 aliphatic rings. The molecule has 1 saturated heterocycles. The van der Waals surface area contributed by atoms with Crippen LogP contribution in [-0.4, -0.2) is 58.5 Å². The van der Waals surface area contributed by atoms with Gasteiger partial charge in [0.2, 0.25) is 0 Å². The summed E-state index contributed by atoms with van der Waals surface area (Å²) in [5, 5.41) is 11.7. The standard InChI is InChI=1S/C15H28N6O/c1-4-22-11-7-8-16-15(21-9-5-6-10-21)17-12-14-19-18-13(2)20(14)3/h4-12H2,1-3H3,(H,16,17). The van der Waals surface area contributed by atoms with Crippen LogP contribution in [0, 0.1) is 6.92 Å². The molecule has 0 aliphatic carbocycles. The summed E-state index contributed by atoms with van der Waals surface area (Å²) in [5.41, 5.74) is 0. The van der Waals surface area contributed by atoms with E-state index in [1.807, 2.05) is 25.5 Å². The molecule has 0 bridgehead atoms. The minimum Gasteiger partial charge on any atom is -0.382 e. The summed E-state index contributed by atoms with van der Waals surface area (Å²) in [7, 11) is 1.98. The number of aromatic nitrogens is 3. The summed E-state index contributed by atoms with van der Waals surface area (Å²) in [5.74, 6) is 2.79. The Hall–Kier alpha value is -1.63. The highest BCUT2D eigenvalue weighted by atomic mass is 16.5. The molecule has 0 amide bonds. The maximum atomic E-state index is 5.37. The van der Waals surface area contributed by atoms with Gasteiger partial charge >= 0.3 is 0 Å². The fourth-order valence-electron chi connectivity index (χ4n) is 2.45. The van der Waals surface area contributed by atoms with E-state index in [4.69, 9.17) is 9.73 Å². The van der Waals surface area contributed by atoms with Gasteiger partial charge in [0.15, 0.2) is 11.8 Å². The van der Waals surface area contributed by atoms with E-state index < -0.39 is 0 Å². The third-order valence-electron chi connectivity index (χ3n) is 3.91. The number of nitrogens with one attached hydrogen (secondary N) is 1. The molecule has 1 aliphatic heterocycles. The van der Waals surface area contributed by atoms with E-state index in [1.165, 1.54) is 12.8 Å². The van der Waals surface area contributed by atoms with Crippen LogP contribution in [0.25, 0.3) is 0 Å². The number of rotatable bonds is 7. The molecule has 7 nitrogen and oxygen atoms in total. The van der Waals surface area contributed by atoms with Crippen LogP contribution in [0.3, 0.4) is 0 Å². The van der Waals surface area contributed by atoms with Gasteiger partial charge in [0.25, 0.3) is 0 Å². The molecule has 1 fully saturated rings. The Bertz CT molecular complexity index is 478. The molecule has 0 radical (unpaired) electrons. The normalized spacial score (nSPS) is 15.6. The number of nitrogens with zero attached hydrogens (tertiary/aromatic N) is 5. The summed E-state index contributed by atoms with van der Waals surface area (Å²) in [6.07, 6.45) is 3.47. The average molecular weight is 308 g/mol. The van der Waals surface area contributed by atoms with Crippen molar-refractivity contribution in [3.8, 4) is 0 Å². The first-order valence-corrected chi connectivity index (χ1v) is 8.18. The molecule has 0 atom stereocenters. The van der Waals surface area contributed by atoms with Gasteiger partial charge in [-0.15, -0.1) is 10.2 Å². The van der Waals surface area contributed by atoms with E-state index in [1.54, 1.807) is 0 Å². The van der Waals surface area contributed by atoms with E-state index >= 15 is 0 Å². The second-order valence-electron chi connectivity index (χ2n) is 5.53. The SMILES string of the molecule is CCOCCCNC(=NCc1nnc(C)n1C)N1CCCC1. The van der Waals surface area contributed by atoms with Crippen LogP contribution >= 0.6 is 0 Å². The smallest absolute Gasteiger partial charge is 0.194 e. The average Bonchev–Trinajstić information content (AvgIpc) is 3.15. The molecule has 0 aromatic carbocycles. The molecular weight excluding hydrogens is 280 g/mol.